The lowest BCUT2D eigenvalue weighted by Crippen LogP contribution is -2.53. The van der Waals surface area contributed by atoms with Crippen LogP contribution in [0.3, 0.4) is 0 Å². The zero-order chi connectivity index (χ0) is 13.8. The van der Waals surface area contributed by atoms with Crippen LogP contribution in [0.1, 0.15) is 33.6 Å². The van der Waals surface area contributed by atoms with Crippen LogP contribution in [0.4, 0.5) is 0 Å². The number of hydrogen-bond donors (Lipinski definition) is 2. The Hall–Kier alpha value is -0.650. The zero-order valence-corrected chi connectivity index (χ0v) is 12.3. The Bertz CT molecular complexity index is 295. The van der Waals surface area contributed by atoms with Crippen molar-refractivity contribution < 1.29 is 9.53 Å². The lowest BCUT2D eigenvalue weighted by atomic mass is 10.2. The third kappa shape index (κ3) is 3.68. The van der Waals surface area contributed by atoms with Gasteiger partial charge in [-0.25, -0.2) is 0 Å². The number of amides is 1. The van der Waals surface area contributed by atoms with Gasteiger partial charge in [-0.2, -0.15) is 0 Å². The highest BCUT2D eigenvalue weighted by Gasteiger charge is 2.34. The quantitative estimate of drug-likeness (QED) is 0.773. The van der Waals surface area contributed by atoms with Crippen LogP contribution in [0.2, 0.25) is 0 Å². The molecular formula is C14H27N3O2. The van der Waals surface area contributed by atoms with Crippen molar-refractivity contribution in [3.63, 3.8) is 0 Å². The van der Waals surface area contributed by atoms with Crippen LogP contribution in [0, 0.1) is 0 Å². The van der Waals surface area contributed by atoms with Gasteiger partial charge in [-0.3, -0.25) is 9.69 Å². The second kappa shape index (κ2) is 6.68. The summed E-state index contributed by atoms with van der Waals surface area (Å²) in [7, 11) is 0. The van der Waals surface area contributed by atoms with E-state index in [9.17, 15) is 4.79 Å². The first kappa shape index (κ1) is 14.8. The standard InChI is InChI=1S/C14H27N3O2/c1-10-4-5-11(2)17(10)12(3)14(18)16-8-13-9-19-7-6-15-13/h10-13,15H,4-9H2,1-3H3,(H,16,18). The minimum absolute atomic E-state index is 0.0444. The van der Waals surface area contributed by atoms with Gasteiger partial charge in [0.15, 0.2) is 0 Å². The van der Waals surface area contributed by atoms with E-state index < -0.39 is 0 Å². The molecule has 0 aliphatic carbocycles. The molecule has 0 bridgehead atoms. The third-order valence-electron chi connectivity index (χ3n) is 4.37. The molecule has 19 heavy (non-hydrogen) atoms. The Morgan fingerprint density at radius 2 is 2.11 bits per heavy atom. The van der Waals surface area contributed by atoms with Gasteiger partial charge in [0, 0.05) is 31.2 Å². The zero-order valence-electron chi connectivity index (χ0n) is 12.3. The van der Waals surface area contributed by atoms with Gasteiger partial charge in [0.05, 0.1) is 19.3 Å². The highest BCUT2D eigenvalue weighted by Crippen LogP contribution is 2.25. The highest BCUT2D eigenvalue weighted by atomic mass is 16.5. The van der Waals surface area contributed by atoms with E-state index in [4.69, 9.17) is 4.74 Å². The Morgan fingerprint density at radius 3 is 2.68 bits per heavy atom. The van der Waals surface area contributed by atoms with Crippen LogP contribution in [0.25, 0.3) is 0 Å². The fraction of sp³-hybridized carbons (Fsp3) is 0.929. The molecule has 2 heterocycles. The van der Waals surface area contributed by atoms with Crippen molar-refractivity contribution in [1.82, 2.24) is 15.5 Å². The topological polar surface area (TPSA) is 53.6 Å². The summed E-state index contributed by atoms with van der Waals surface area (Å²) in [5.41, 5.74) is 0. The number of rotatable bonds is 4. The van der Waals surface area contributed by atoms with Crippen molar-refractivity contribution in [3.05, 3.63) is 0 Å². The molecule has 0 saturated carbocycles. The molecule has 2 rings (SSSR count). The summed E-state index contributed by atoms with van der Waals surface area (Å²) >= 11 is 0. The largest absolute Gasteiger partial charge is 0.378 e. The predicted molar refractivity (Wildman–Crippen MR) is 75.1 cm³/mol. The molecular weight excluding hydrogens is 242 g/mol. The molecule has 0 radical (unpaired) electrons. The average molecular weight is 269 g/mol. The molecule has 0 aromatic heterocycles. The molecule has 2 fully saturated rings. The number of nitrogens with one attached hydrogen (secondary N) is 2. The molecule has 5 heteroatoms. The number of morpholine rings is 1. The molecule has 2 saturated heterocycles. The van der Waals surface area contributed by atoms with E-state index in [1.165, 1.54) is 12.8 Å². The Kier molecular flexibility index (Phi) is 5.19. The molecule has 0 aromatic carbocycles. The summed E-state index contributed by atoms with van der Waals surface area (Å²) in [6.07, 6.45) is 2.38. The maximum atomic E-state index is 12.2. The van der Waals surface area contributed by atoms with Crippen molar-refractivity contribution >= 4 is 5.91 Å². The molecule has 1 amide bonds. The second-order valence-electron chi connectivity index (χ2n) is 5.87. The molecule has 5 nitrogen and oxygen atoms in total. The summed E-state index contributed by atoms with van der Waals surface area (Å²) in [6, 6.07) is 1.22. The molecule has 2 N–H and O–H groups in total. The maximum absolute atomic E-state index is 12.2. The molecule has 0 spiro atoms. The van der Waals surface area contributed by atoms with Gasteiger partial charge in [0.1, 0.15) is 0 Å². The minimum Gasteiger partial charge on any atom is -0.378 e. The fourth-order valence-corrected chi connectivity index (χ4v) is 3.24. The first-order chi connectivity index (χ1) is 9.09. The second-order valence-corrected chi connectivity index (χ2v) is 5.87. The van der Waals surface area contributed by atoms with Gasteiger partial charge >= 0.3 is 0 Å². The van der Waals surface area contributed by atoms with Crippen LogP contribution in [-0.4, -0.2) is 61.3 Å². The number of carbonyl (C=O) groups is 1. The normalized spacial score (nSPS) is 34.2. The van der Waals surface area contributed by atoms with Crippen molar-refractivity contribution in [2.75, 3.05) is 26.3 Å². The Morgan fingerprint density at radius 1 is 1.42 bits per heavy atom. The van der Waals surface area contributed by atoms with Gasteiger partial charge in [0.2, 0.25) is 5.91 Å². The van der Waals surface area contributed by atoms with Crippen LogP contribution < -0.4 is 10.6 Å². The van der Waals surface area contributed by atoms with Crippen molar-refractivity contribution in [2.45, 2.75) is 57.8 Å². The molecule has 2 aliphatic rings. The van der Waals surface area contributed by atoms with E-state index >= 15 is 0 Å². The highest BCUT2D eigenvalue weighted by molar-refractivity contribution is 5.81. The van der Waals surface area contributed by atoms with Crippen molar-refractivity contribution in [2.24, 2.45) is 0 Å². The predicted octanol–water partition coefficient (Wildman–Crippen LogP) is 0.352. The SMILES string of the molecule is CC1CCC(C)N1C(C)C(=O)NCC1COCCN1. The van der Waals surface area contributed by atoms with Crippen molar-refractivity contribution in [1.29, 1.82) is 0 Å². The van der Waals surface area contributed by atoms with Gasteiger partial charge in [-0.05, 0) is 33.6 Å². The van der Waals surface area contributed by atoms with Crippen LogP contribution >= 0.6 is 0 Å². The van der Waals surface area contributed by atoms with Crippen LogP contribution in [0.5, 0.6) is 0 Å². The average Bonchev–Trinajstić information content (AvgIpc) is 2.76. The number of nitrogens with zero attached hydrogens (tertiary/aromatic N) is 1. The van der Waals surface area contributed by atoms with Gasteiger partial charge in [0.25, 0.3) is 0 Å². The van der Waals surface area contributed by atoms with E-state index in [-0.39, 0.29) is 18.0 Å². The number of carbonyl (C=O) groups excluding carboxylic acids is 1. The number of ether oxygens (including phenoxy) is 1. The van der Waals surface area contributed by atoms with E-state index in [1.54, 1.807) is 0 Å². The molecule has 4 atom stereocenters. The summed E-state index contributed by atoms with van der Waals surface area (Å²) in [6.45, 7) is 9.41. The summed E-state index contributed by atoms with van der Waals surface area (Å²) in [5.74, 6) is 0.132. The smallest absolute Gasteiger partial charge is 0.237 e. The van der Waals surface area contributed by atoms with Gasteiger partial charge in [-0.1, -0.05) is 0 Å². The molecule has 4 unspecified atom stereocenters. The fourth-order valence-electron chi connectivity index (χ4n) is 3.24. The molecule has 0 aromatic rings. The lowest BCUT2D eigenvalue weighted by molar-refractivity contribution is -0.127. The van der Waals surface area contributed by atoms with E-state index in [2.05, 4.69) is 29.4 Å². The Balaban J connectivity index is 1.78. The Labute approximate surface area is 116 Å². The third-order valence-corrected chi connectivity index (χ3v) is 4.37. The van der Waals surface area contributed by atoms with Crippen LogP contribution in [-0.2, 0) is 9.53 Å². The summed E-state index contributed by atoms with van der Waals surface area (Å²) in [4.78, 5) is 14.6. The number of likely N-dealkylation sites (tertiary alicyclic amines) is 1. The lowest BCUT2D eigenvalue weighted by Gasteiger charge is -2.32. The molecule has 2 aliphatic heterocycles. The van der Waals surface area contributed by atoms with E-state index in [1.807, 2.05) is 6.92 Å². The maximum Gasteiger partial charge on any atom is 0.237 e. The van der Waals surface area contributed by atoms with E-state index in [0.717, 1.165) is 13.2 Å². The number of hydrogen-bond acceptors (Lipinski definition) is 4. The van der Waals surface area contributed by atoms with Gasteiger partial charge < -0.3 is 15.4 Å². The monoisotopic (exact) mass is 269 g/mol. The van der Waals surface area contributed by atoms with Gasteiger partial charge in [-0.15, -0.1) is 0 Å². The first-order valence-electron chi connectivity index (χ1n) is 7.46. The minimum atomic E-state index is -0.0444. The summed E-state index contributed by atoms with van der Waals surface area (Å²) in [5, 5.41) is 6.39. The molecule has 110 valence electrons. The van der Waals surface area contributed by atoms with Crippen LogP contribution in [0.15, 0.2) is 0 Å². The van der Waals surface area contributed by atoms with Crippen molar-refractivity contribution in [3.8, 4) is 0 Å². The van der Waals surface area contributed by atoms with E-state index in [0.29, 0.717) is 25.2 Å². The summed E-state index contributed by atoms with van der Waals surface area (Å²) < 4.78 is 5.38. The first-order valence-corrected chi connectivity index (χ1v) is 7.46.